The third kappa shape index (κ3) is 6.57. The number of dihydropyridines is 1. The molecular formula is C30H32F5N5O3. The second-order valence-corrected chi connectivity index (χ2v) is 11.1. The maximum atomic E-state index is 15.9. The lowest BCUT2D eigenvalue weighted by Gasteiger charge is -2.44. The van der Waals surface area contributed by atoms with Crippen LogP contribution in [-0.4, -0.2) is 87.6 Å². The van der Waals surface area contributed by atoms with Gasteiger partial charge in [-0.1, -0.05) is 0 Å². The summed E-state index contributed by atoms with van der Waals surface area (Å²) >= 11 is 0. The van der Waals surface area contributed by atoms with E-state index >= 15 is 4.39 Å². The number of halogens is 5. The number of amides is 2. The minimum absolute atomic E-state index is 0.0395. The molecule has 2 saturated heterocycles. The highest BCUT2D eigenvalue weighted by atomic mass is 19.4. The van der Waals surface area contributed by atoms with Crippen molar-refractivity contribution in [3.05, 3.63) is 53.6 Å². The van der Waals surface area contributed by atoms with Crippen LogP contribution in [0.15, 0.2) is 47.0 Å². The van der Waals surface area contributed by atoms with Gasteiger partial charge >= 0.3 is 6.18 Å². The number of rotatable bonds is 5. The Morgan fingerprint density at radius 1 is 1.00 bits per heavy atom. The number of anilines is 3. The first-order valence-electron chi connectivity index (χ1n) is 13.9. The maximum Gasteiger partial charge on any atom is 0.414 e. The van der Waals surface area contributed by atoms with Gasteiger partial charge in [-0.05, 0) is 56.8 Å². The van der Waals surface area contributed by atoms with E-state index in [1.165, 1.54) is 18.2 Å². The van der Waals surface area contributed by atoms with Gasteiger partial charge in [0.15, 0.2) is 0 Å². The molecule has 3 aliphatic rings. The zero-order chi connectivity index (χ0) is 31.1. The Bertz CT molecular complexity index is 1460. The topological polar surface area (TPSA) is 77.5 Å². The number of hydrogen-bond donors (Lipinski definition) is 1. The number of benzene rings is 2. The number of carbonyl (C=O) groups is 2. The van der Waals surface area contributed by atoms with Crippen molar-refractivity contribution >= 4 is 35.1 Å². The van der Waals surface area contributed by atoms with Gasteiger partial charge in [-0.25, -0.2) is 13.8 Å². The molecular weight excluding hydrogens is 573 g/mol. The zero-order valence-electron chi connectivity index (χ0n) is 23.9. The molecule has 2 fully saturated rings. The van der Waals surface area contributed by atoms with Crippen LogP contribution in [0.2, 0.25) is 0 Å². The summed E-state index contributed by atoms with van der Waals surface area (Å²) in [7, 11) is 1.96. The van der Waals surface area contributed by atoms with Crippen molar-refractivity contribution in [2.75, 3.05) is 61.6 Å². The zero-order valence-corrected chi connectivity index (χ0v) is 23.9. The molecule has 0 saturated carbocycles. The highest BCUT2D eigenvalue weighted by Gasteiger charge is 2.43. The number of alkyl halides is 3. The molecule has 0 spiro atoms. The molecule has 13 heteroatoms. The molecule has 2 amide bonds. The van der Waals surface area contributed by atoms with Gasteiger partial charge in [0.05, 0.1) is 30.2 Å². The van der Waals surface area contributed by atoms with E-state index in [2.05, 4.69) is 15.2 Å². The van der Waals surface area contributed by atoms with Gasteiger partial charge in [0.25, 0.3) is 5.91 Å². The Morgan fingerprint density at radius 2 is 1.67 bits per heavy atom. The summed E-state index contributed by atoms with van der Waals surface area (Å²) in [6.07, 6.45) is -4.00. The number of nitrogens with zero attached hydrogens (tertiary/aromatic N) is 4. The summed E-state index contributed by atoms with van der Waals surface area (Å²) in [6, 6.07) is 6.76. The minimum Gasteiger partial charge on any atom is -0.378 e. The monoisotopic (exact) mass is 605 g/mol. The number of likely N-dealkylation sites (N-methyl/N-ethyl adjacent to an activating group) is 1. The molecule has 2 aromatic carbocycles. The summed E-state index contributed by atoms with van der Waals surface area (Å²) in [4.78, 5) is 34.3. The lowest BCUT2D eigenvalue weighted by molar-refractivity contribution is -0.124. The molecule has 0 aliphatic carbocycles. The number of piperazine rings is 1. The largest absolute Gasteiger partial charge is 0.414 e. The van der Waals surface area contributed by atoms with Crippen molar-refractivity contribution in [3.8, 4) is 11.1 Å². The molecule has 8 nitrogen and oxygen atoms in total. The molecule has 3 heterocycles. The fraction of sp³-hybridized carbons (Fsp3) is 0.433. The van der Waals surface area contributed by atoms with Gasteiger partial charge in [-0.15, -0.1) is 0 Å². The lowest BCUT2D eigenvalue weighted by Crippen LogP contribution is -2.55. The number of hydrogen-bond acceptors (Lipinski definition) is 6. The Kier molecular flexibility index (Phi) is 8.57. The lowest BCUT2D eigenvalue weighted by atomic mass is 9.95. The summed E-state index contributed by atoms with van der Waals surface area (Å²) in [5.41, 5.74) is -0.348. The molecule has 3 aliphatic heterocycles. The quantitative estimate of drug-likeness (QED) is 0.501. The maximum absolute atomic E-state index is 15.9. The van der Waals surface area contributed by atoms with Crippen molar-refractivity contribution in [3.63, 3.8) is 0 Å². The SMILES string of the molecule is C[C@@H]1CN(c2cc(F)c(-c3cc(F)cc(N4CCOCC4)c3)cc2NC(=O)C2C=NC(=O)C=C2C(F)(F)F)C[C@H](C)N1C. The second-order valence-electron chi connectivity index (χ2n) is 11.1. The van der Waals surface area contributed by atoms with Crippen LogP contribution >= 0.6 is 0 Å². The van der Waals surface area contributed by atoms with Crippen molar-refractivity contribution in [1.29, 1.82) is 0 Å². The summed E-state index contributed by atoms with van der Waals surface area (Å²) in [5.74, 6) is -5.40. The van der Waals surface area contributed by atoms with Gasteiger partial charge in [-0.3, -0.25) is 14.5 Å². The Labute approximate surface area is 245 Å². The van der Waals surface area contributed by atoms with Crippen LogP contribution in [0, 0.1) is 17.6 Å². The number of carbonyl (C=O) groups excluding carboxylic acids is 2. The van der Waals surface area contributed by atoms with Gasteiger partial charge < -0.3 is 19.9 Å². The van der Waals surface area contributed by atoms with E-state index in [1.807, 2.05) is 30.7 Å². The Morgan fingerprint density at radius 3 is 2.33 bits per heavy atom. The first-order valence-corrected chi connectivity index (χ1v) is 13.9. The first kappa shape index (κ1) is 30.6. The van der Waals surface area contributed by atoms with Crippen LogP contribution in [0.25, 0.3) is 11.1 Å². The van der Waals surface area contributed by atoms with Crippen LogP contribution in [-0.2, 0) is 14.3 Å². The van der Waals surface area contributed by atoms with E-state index in [9.17, 15) is 27.2 Å². The molecule has 3 atom stereocenters. The van der Waals surface area contributed by atoms with Crippen LogP contribution in [0.3, 0.4) is 0 Å². The predicted octanol–water partition coefficient (Wildman–Crippen LogP) is 4.65. The second kappa shape index (κ2) is 12.0. The summed E-state index contributed by atoms with van der Waals surface area (Å²) in [6.45, 7) is 6.84. The summed E-state index contributed by atoms with van der Waals surface area (Å²) < 4.78 is 77.3. The highest BCUT2D eigenvalue weighted by Crippen LogP contribution is 2.39. The van der Waals surface area contributed by atoms with Gasteiger partial charge in [0.1, 0.15) is 17.6 Å². The van der Waals surface area contributed by atoms with Crippen molar-refractivity contribution < 1.29 is 36.3 Å². The summed E-state index contributed by atoms with van der Waals surface area (Å²) in [5, 5.41) is 2.54. The van der Waals surface area contributed by atoms with E-state index in [-0.39, 0.29) is 34.6 Å². The molecule has 43 heavy (non-hydrogen) atoms. The van der Waals surface area contributed by atoms with Crippen molar-refractivity contribution in [2.24, 2.45) is 10.9 Å². The van der Waals surface area contributed by atoms with E-state index < -0.39 is 41.1 Å². The number of ether oxygens (including phenoxy) is 1. The van der Waals surface area contributed by atoms with Crippen molar-refractivity contribution in [1.82, 2.24) is 4.90 Å². The third-order valence-corrected chi connectivity index (χ3v) is 8.19. The fourth-order valence-electron chi connectivity index (χ4n) is 5.65. The molecule has 1 unspecified atom stereocenters. The minimum atomic E-state index is -4.96. The standard InChI is InChI=1S/C30H32F5N5O3/c1-17-15-40(16-18(2)38(17)3)27-13-25(32)22(19-8-20(31)10-21(9-19)39-4-6-43-7-5-39)11-26(27)37-29(42)23-14-36-28(41)12-24(23)30(33,34)35/h8-14,17-18,23H,4-7,15-16H2,1-3H3,(H,37,42)/t17-,18+,23?. The van der Waals surface area contributed by atoms with E-state index in [0.717, 1.165) is 6.07 Å². The van der Waals surface area contributed by atoms with E-state index in [1.54, 1.807) is 6.07 Å². The molecule has 2 aromatic rings. The van der Waals surface area contributed by atoms with Crippen LogP contribution in [0.1, 0.15) is 13.8 Å². The number of nitrogens with one attached hydrogen (secondary N) is 1. The average Bonchev–Trinajstić information content (AvgIpc) is 2.96. The molecule has 230 valence electrons. The highest BCUT2D eigenvalue weighted by molar-refractivity contribution is 6.11. The van der Waals surface area contributed by atoms with Crippen LogP contribution in [0.5, 0.6) is 0 Å². The predicted molar refractivity (Wildman–Crippen MR) is 153 cm³/mol. The number of aliphatic imine (C=N–C) groups is 1. The molecule has 0 bridgehead atoms. The van der Waals surface area contributed by atoms with E-state index in [4.69, 9.17) is 4.74 Å². The Hall–Kier alpha value is -3.84. The Balaban J connectivity index is 1.57. The van der Waals surface area contributed by atoms with Gasteiger partial charge in [-0.2, -0.15) is 13.2 Å². The average molecular weight is 606 g/mol. The number of morpholine rings is 1. The van der Waals surface area contributed by atoms with Crippen LogP contribution in [0.4, 0.5) is 39.0 Å². The fourth-order valence-corrected chi connectivity index (χ4v) is 5.65. The van der Waals surface area contributed by atoms with Gasteiger partial charge in [0.2, 0.25) is 5.91 Å². The molecule has 1 N–H and O–H groups in total. The smallest absolute Gasteiger partial charge is 0.378 e. The molecule has 5 rings (SSSR count). The van der Waals surface area contributed by atoms with Gasteiger partial charge in [0, 0.05) is 61.8 Å². The first-order chi connectivity index (χ1) is 20.3. The van der Waals surface area contributed by atoms with E-state index in [0.29, 0.717) is 57.4 Å². The molecule has 0 aromatic heterocycles. The third-order valence-electron chi connectivity index (χ3n) is 8.19. The van der Waals surface area contributed by atoms with Crippen LogP contribution < -0.4 is 15.1 Å². The van der Waals surface area contributed by atoms with Crippen molar-refractivity contribution in [2.45, 2.75) is 32.1 Å². The molecule has 0 radical (unpaired) electrons. The normalized spacial score (nSPS) is 23.4.